The Bertz CT molecular complexity index is 1290. The van der Waals surface area contributed by atoms with Crippen molar-refractivity contribution in [3.63, 3.8) is 0 Å². The van der Waals surface area contributed by atoms with E-state index in [-0.39, 0.29) is 4.90 Å². The Morgan fingerprint density at radius 2 is 1.69 bits per heavy atom. The van der Waals surface area contributed by atoms with Gasteiger partial charge in [0.15, 0.2) is 0 Å². The average Bonchev–Trinajstić information content (AvgIpc) is 2.87. The molecular formula is C28H33N3O4S. The van der Waals surface area contributed by atoms with Gasteiger partial charge in [0.05, 0.1) is 23.4 Å². The number of rotatable bonds is 11. The minimum atomic E-state index is -3.99. The second-order valence-corrected chi connectivity index (χ2v) is 10.7. The normalized spacial score (nSPS) is 11.6. The van der Waals surface area contributed by atoms with E-state index in [4.69, 9.17) is 4.74 Å². The number of aryl methyl sites for hydroxylation is 2. The number of sulfonamides is 1. The molecule has 1 N–H and O–H groups in total. The lowest BCUT2D eigenvalue weighted by molar-refractivity contribution is -0.119. The molecule has 3 rings (SSSR count). The number of hydrazone groups is 1. The molecule has 36 heavy (non-hydrogen) atoms. The predicted octanol–water partition coefficient (Wildman–Crippen LogP) is 4.94. The summed E-state index contributed by atoms with van der Waals surface area (Å²) in [5, 5.41) is 4.01. The van der Waals surface area contributed by atoms with Gasteiger partial charge < -0.3 is 4.74 Å². The van der Waals surface area contributed by atoms with Gasteiger partial charge in [-0.2, -0.15) is 5.10 Å². The minimum absolute atomic E-state index is 0.120. The van der Waals surface area contributed by atoms with Gasteiger partial charge in [0, 0.05) is 0 Å². The Morgan fingerprint density at radius 1 is 1.03 bits per heavy atom. The number of nitrogens with one attached hydrogen (secondary N) is 1. The molecule has 0 saturated carbocycles. The number of hydrogen-bond acceptors (Lipinski definition) is 5. The van der Waals surface area contributed by atoms with Gasteiger partial charge in [0.25, 0.3) is 15.9 Å². The Balaban J connectivity index is 1.77. The van der Waals surface area contributed by atoms with Crippen LogP contribution in [-0.2, 0) is 21.2 Å². The molecule has 0 spiro atoms. The fourth-order valence-electron chi connectivity index (χ4n) is 3.45. The molecule has 0 saturated heterocycles. The first-order valence-electron chi connectivity index (χ1n) is 11.9. The van der Waals surface area contributed by atoms with Gasteiger partial charge in [-0.3, -0.25) is 9.10 Å². The number of carbonyl (C=O) groups excluding carboxylic acids is 1. The third-order valence-corrected chi connectivity index (χ3v) is 7.18. The van der Waals surface area contributed by atoms with Crippen LogP contribution in [0.15, 0.2) is 82.8 Å². The first-order valence-corrected chi connectivity index (χ1v) is 13.4. The van der Waals surface area contributed by atoms with Crippen molar-refractivity contribution in [1.29, 1.82) is 0 Å². The number of carbonyl (C=O) groups is 1. The van der Waals surface area contributed by atoms with Gasteiger partial charge in [0.2, 0.25) is 0 Å². The standard InChI is InChI=1S/C28H33N3O4S/c1-5-24-8-6-7-9-27(24)31(36(33,34)26-16-10-22(4)11-17-26)19-28(32)30-29-18-23-12-14-25(15-13-23)35-20-21(2)3/h6-18,21H,5,19-20H2,1-4H3,(H,30,32)/b29-18-. The first kappa shape index (κ1) is 26.9. The molecule has 0 aliphatic rings. The maximum Gasteiger partial charge on any atom is 0.264 e. The Hall–Kier alpha value is -3.65. The van der Waals surface area contributed by atoms with Crippen molar-refractivity contribution in [3.05, 3.63) is 89.5 Å². The number of para-hydroxylation sites is 1. The van der Waals surface area contributed by atoms with Gasteiger partial charge in [-0.05, 0) is 72.9 Å². The highest BCUT2D eigenvalue weighted by Gasteiger charge is 2.28. The van der Waals surface area contributed by atoms with Gasteiger partial charge >= 0.3 is 0 Å². The second-order valence-electron chi connectivity index (χ2n) is 8.87. The van der Waals surface area contributed by atoms with Crippen molar-refractivity contribution in [2.24, 2.45) is 11.0 Å². The highest BCUT2D eigenvalue weighted by molar-refractivity contribution is 7.92. The van der Waals surface area contributed by atoms with E-state index in [2.05, 4.69) is 24.4 Å². The molecule has 0 unspecified atom stereocenters. The first-order chi connectivity index (χ1) is 17.2. The number of nitrogens with zero attached hydrogens (tertiary/aromatic N) is 2. The summed E-state index contributed by atoms with van der Waals surface area (Å²) in [4.78, 5) is 12.9. The second kappa shape index (κ2) is 12.4. The van der Waals surface area contributed by atoms with Crippen LogP contribution in [0.5, 0.6) is 5.75 Å². The molecule has 0 fully saturated rings. The molecule has 0 atom stereocenters. The lowest BCUT2D eigenvalue weighted by Gasteiger charge is -2.25. The third-order valence-electron chi connectivity index (χ3n) is 5.40. The van der Waals surface area contributed by atoms with E-state index >= 15 is 0 Å². The summed E-state index contributed by atoms with van der Waals surface area (Å²) in [5.41, 5.74) is 5.46. The third kappa shape index (κ3) is 7.18. The van der Waals surface area contributed by atoms with Crippen LogP contribution in [0.4, 0.5) is 5.69 Å². The molecule has 1 amide bonds. The van der Waals surface area contributed by atoms with Crippen molar-refractivity contribution in [3.8, 4) is 5.75 Å². The van der Waals surface area contributed by atoms with E-state index in [1.54, 1.807) is 36.4 Å². The van der Waals surface area contributed by atoms with Crippen LogP contribution >= 0.6 is 0 Å². The fraction of sp³-hybridized carbons (Fsp3) is 0.286. The highest BCUT2D eigenvalue weighted by atomic mass is 32.2. The van der Waals surface area contributed by atoms with Crippen LogP contribution in [-0.4, -0.2) is 33.7 Å². The quantitative estimate of drug-likeness (QED) is 0.294. The zero-order valence-corrected chi connectivity index (χ0v) is 22.0. The summed E-state index contributed by atoms with van der Waals surface area (Å²) < 4.78 is 33.9. The number of ether oxygens (including phenoxy) is 1. The highest BCUT2D eigenvalue weighted by Crippen LogP contribution is 2.27. The Kier molecular flexibility index (Phi) is 9.25. The molecule has 190 valence electrons. The van der Waals surface area contributed by atoms with Crippen molar-refractivity contribution in [2.75, 3.05) is 17.5 Å². The molecule has 0 heterocycles. The summed E-state index contributed by atoms with van der Waals surface area (Å²) >= 11 is 0. The SMILES string of the molecule is CCc1ccccc1N(CC(=O)N/N=C\c1ccc(OCC(C)C)cc1)S(=O)(=O)c1ccc(C)cc1. The van der Waals surface area contributed by atoms with Crippen molar-refractivity contribution in [2.45, 2.75) is 39.0 Å². The minimum Gasteiger partial charge on any atom is -0.493 e. The maximum atomic E-state index is 13.6. The van der Waals surface area contributed by atoms with Crippen LogP contribution < -0.4 is 14.5 Å². The predicted molar refractivity (Wildman–Crippen MR) is 144 cm³/mol. The van der Waals surface area contributed by atoms with Crippen LogP contribution in [0.2, 0.25) is 0 Å². The summed E-state index contributed by atoms with van der Waals surface area (Å²) in [6.45, 7) is 8.21. The van der Waals surface area contributed by atoms with Crippen LogP contribution in [0.25, 0.3) is 0 Å². The molecule has 0 aromatic heterocycles. The van der Waals surface area contributed by atoms with E-state index in [1.165, 1.54) is 6.21 Å². The molecular weight excluding hydrogens is 474 g/mol. The van der Waals surface area contributed by atoms with Gasteiger partial charge in [-0.25, -0.2) is 13.8 Å². The van der Waals surface area contributed by atoms with E-state index in [0.29, 0.717) is 24.6 Å². The van der Waals surface area contributed by atoms with Crippen molar-refractivity contribution >= 4 is 27.8 Å². The maximum absolute atomic E-state index is 13.6. The number of hydrogen-bond donors (Lipinski definition) is 1. The van der Waals surface area contributed by atoms with Crippen LogP contribution in [0.3, 0.4) is 0 Å². The molecule has 3 aromatic rings. The van der Waals surface area contributed by atoms with E-state index in [9.17, 15) is 13.2 Å². The van der Waals surface area contributed by atoms with Gasteiger partial charge in [-0.15, -0.1) is 0 Å². The molecule has 8 heteroatoms. The topological polar surface area (TPSA) is 88.1 Å². The number of benzene rings is 3. The van der Waals surface area contributed by atoms with Crippen LogP contribution in [0, 0.1) is 12.8 Å². The van der Waals surface area contributed by atoms with E-state index < -0.39 is 22.5 Å². The van der Waals surface area contributed by atoms with Crippen molar-refractivity contribution in [1.82, 2.24) is 5.43 Å². The molecule has 0 aliphatic heterocycles. The Morgan fingerprint density at radius 3 is 2.33 bits per heavy atom. The summed E-state index contributed by atoms with van der Waals surface area (Å²) in [6.07, 6.45) is 2.12. The lowest BCUT2D eigenvalue weighted by Crippen LogP contribution is -2.40. The zero-order chi connectivity index (χ0) is 26.1. The van der Waals surface area contributed by atoms with Gasteiger partial charge in [-0.1, -0.05) is 56.7 Å². The smallest absolute Gasteiger partial charge is 0.264 e. The molecule has 0 radical (unpaired) electrons. The average molecular weight is 508 g/mol. The summed E-state index contributed by atoms with van der Waals surface area (Å²) in [6, 6.07) is 21.1. The summed E-state index contributed by atoms with van der Waals surface area (Å²) in [5.74, 6) is 0.640. The molecule has 0 bridgehead atoms. The van der Waals surface area contributed by atoms with E-state index in [0.717, 1.165) is 26.7 Å². The summed E-state index contributed by atoms with van der Waals surface area (Å²) in [7, 11) is -3.99. The largest absolute Gasteiger partial charge is 0.493 e. The fourth-order valence-corrected chi connectivity index (χ4v) is 4.91. The van der Waals surface area contributed by atoms with E-state index in [1.807, 2.05) is 50.2 Å². The molecule has 7 nitrogen and oxygen atoms in total. The molecule has 0 aliphatic carbocycles. The van der Waals surface area contributed by atoms with Crippen molar-refractivity contribution < 1.29 is 17.9 Å². The monoisotopic (exact) mass is 507 g/mol. The number of amides is 1. The zero-order valence-electron chi connectivity index (χ0n) is 21.1. The van der Waals surface area contributed by atoms with Crippen LogP contribution in [0.1, 0.15) is 37.5 Å². The van der Waals surface area contributed by atoms with Gasteiger partial charge in [0.1, 0.15) is 12.3 Å². The molecule has 3 aromatic carbocycles. The Labute approximate surface area is 213 Å². The number of anilines is 1. The lowest BCUT2D eigenvalue weighted by atomic mass is 10.1.